The third kappa shape index (κ3) is 4.81. The van der Waals surface area contributed by atoms with E-state index in [0.717, 1.165) is 28.8 Å². The molecule has 8 nitrogen and oxygen atoms in total. The Morgan fingerprint density at radius 1 is 1.13 bits per heavy atom. The van der Waals surface area contributed by atoms with Crippen molar-refractivity contribution in [2.24, 2.45) is 0 Å². The number of aryl methyl sites for hydroxylation is 1. The Bertz CT molecular complexity index is 1270. The van der Waals surface area contributed by atoms with Gasteiger partial charge in [-0.25, -0.2) is 4.98 Å². The molecule has 0 aliphatic rings. The minimum absolute atomic E-state index is 0.282. The molecule has 4 aromatic rings. The molecule has 156 valence electrons. The third-order valence-corrected chi connectivity index (χ3v) is 4.68. The number of aromatic nitrogens is 4. The van der Waals surface area contributed by atoms with Gasteiger partial charge in [0.15, 0.2) is 0 Å². The van der Waals surface area contributed by atoms with Gasteiger partial charge in [-0.15, -0.1) is 0 Å². The van der Waals surface area contributed by atoms with Crippen molar-refractivity contribution < 1.29 is 4.79 Å². The fourth-order valence-electron chi connectivity index (χ4n) is 2.99. The maximum absolute atomic E-state index is 11.6. The molecule has 1 amide bonds. The van der Waals surface area contributed by atoms with Crippen molar-refractivity contribution in [3.05, 3.63) is 72.5 Å². The number of nitrogens with one attached hydrogen (secondary N) is 3. The van der Waals surface area contributed by atoms with E-state index in [0.29, 0.717) is 22.5 Å². The Balaban J connectivity index is 1.70. The number of benzene rings is 2. The summed E-state index contributed by atoms with van der Waals surface area (Å²) in [6.45, 7) is 6.25. The fraction of sp³-hybridized carbons (Fsp3) is 0.0909. The van der Waals surface area contributed by atoms with Crippen molar-refractivity contribution in [2.75, 3.05) is 16.0 Å². The van der Waals surface area contributed by atoms with Gasteiger partial charge in [-0.3, -0.25) is 9.48 Å². The van der Waals surface area contributed by atoms with E-state index in [1.807, 2.05) is 36.0 Å². The zero-order valence-electron chi connectivity index (χ0n) is 16.8. The predicted octanol–water partition coefficient (Wildman–Crippen LogP) is 5.11. The van der Waals surface area contributed by atoms with Crippen LogP contribution in [0.15, 0.2) is 67.5 Å². The van der Waals surface area contributed by atoms with Crippen molar-refractivity contribution >= 4 is 57.2 Å². The fourth-order valence-corrected chi connectivity index (χ4v) is 3.16. The molecule has 3 N–H and O–H groups in total. The van der Waals surface area contributed by atoms with Crippen molar-refractivity contribution in [3.63, 3.8) is 0 Å². The Morgan fingerprint density at radius 2 is 1.97 bits per heavy atom. The normalized spacial score (nSPS) is 10.6. The maximum atomic E-state index is 11.6. The highest BCUT2D eigenvalue weighted by molar-refractivity contribution is 6.31. The Morgan fingerprint density at radius 3 is 2.74 bits per heavy atom. The van der Waals surface area contributed by atoms with Gasteiger partial charge in [0.2, 0.25) is 11.9 Å². The summed E-state index contributed by atoms with van der Waals surface area (Å²) < 4.78 is 1.81. The van der Waals surface area contributed by atoms with Crippen LogP contribution in [-0.4, -0.2) is 25.7 Å². The lowest BCUT2D eigenvalue weighted by Gasteiger charge is -2.12. The Labute approximate surface area is 184 Å². The van der Waals surface area contributed by atoms with Crippen LogP contribution in [0, 0.1) is 0 Å². The minimum atomic E-state index is -0.282. The van der Waals surface area contributed by atoms with Crippen LogP contribution >= 0.6 is 11.6 Å². The zero-order chi connectivity index (χ0) is 21.8. The number of rotatable bonds is 7. The first-order valence-corrected chi connectivity index (χ1v) is 9.99. The highest BCUT2D eigenvalue weighted by atomic mass is 35.5. The molecule has 0 unspecified atom stereocenters. The molecule has 31 heavy (non-hydrogen) atoms. The van der Waals surface area contributed by atoms with Gasteiger partial charge in [-0.05, 0) is 49.4 Å². The molecule has 0 fully saturated rings. The lowest BCUT2D eigenvalue weighted by atomic mass is 10.2. The van der Waals surface area contributed by atoms with Gasteiger partial charge in [0, 0.05) is 34.5 Å². The summed E-state index contributed by atoms with van der Waals surface area (Å²) in [5.41, 5.74) is 2.89. The second-order valence-corrected chi connectivity index (χ2v) is 7.10. The number of hydrogen-bond acceptors (Lipinski definition) is 6. The summed E-state index contributed by atoms with van der Waals surface area (Å²) in [6.07, 6.45) is 4.82. The molecule has 2 heterocycles. The Kier molecular flexibility index (Phi) is 5.81. The van der Waals surface area contributed by atoms with E-state index < -0.39 is 0 Å². The highest BCUT2D eigenvalue weighted by Gasteiger charge is 2.11. The quantitative estimate of drug-likeness (QED) is 0.350. The van der Waals surface area contributed by atoms with Gasteiger partial charge >= 0.3 is 0 Å². The lowest BCUT2D eigenvalue weighted by Crippen LogP contribution is -2.07. The van der Waals surface area contributed by atoms with Crippen LogP contribution in [0.25, 0.3) is 10.9 Å². The third-order valence-electron chi connectivity index (χ3n) is 4.45. The first-order valence-electron chi connectivity index (χ1n) is 9.61. The molecule has 0 spiro atoms. The number of carbonyl (C=O) groups is 1. The number of carbonyl (C=O) groups excluding carboxylic acids is 1. The van der Waals surface area contributed by atoms with Gasteiger partial charge in [0.05, 0.1) is 17.4 Å². The molecule has 0 atom stereocenters. The molecular formula is C22H20ClN7O. The number of fused-ring (bicyclic) bond motifs is 1. The summed E-state index contributed by atoms with van der Waals surface area (Å²) in [5.74, 6) is 0.713. The number of anilines is 5. The van der Waals surface area contributed by atoms with E-state index >= 15 is 0 Å². The molecule has 4 rings (SSSR count). The van der Waals surface area contributed by atoms with Crippen molar-refractivity contribution in [3.8, 4) is 0 Å². The predicted molar refractivity (Wildman–Crippen MR) is 124 cm³/mol. The molecule has 0 saturated heterocycles. The number of nitrogens with zero attached hydrogens (tertiary/aromatic N) is 4. The van der Waals surface area contributed by atoms with Crippen LogP contribution in [0.1, 0.15) is 6.92 Å². The van der Waals surface area contributed by atoms with Crippen LogP contribution in [-0.2, 0) is 11.3 Å². The molecule has 2 aromatic heterocycles. The van der Waals surface area contributed by atoms with E-state index in [2.05, 4.69) is 37.6 Å². The molecule has 2 aromatic carbocycles. The van der Waals surface area contributed by atoms with Crippen molar-refractivity contribution in [1.82, 2.24) is 19.7 Å². The van der Waals surface area contributed by atoms with Crippen LogP contribution in [0.2, 0.25) is 5.02 Å². The maximum Gasteiger partial charge on any atom is 0.247 e. The first-order chi connectivity index (χ1) is 15.0. The minimum Gasteiger partial charge on any atom is -0.339 e. The van der Waals surface area contributed by atoms with E-state index in [9.17, 15) is 4.79 Å². The van der Waals surface area contributed by atoms with E-state index in [-0.39, 0.29) is 5.91 Å². The number of amides is 1. The molecular weight excluding hydrogens is 414 g/mol. The smallest absolute Gasteiger partial charge is 0.247 e. The van der Waals surface area contributed by atoms with Gasteiger partial charge in [0.25, 0.3) is 0 Å². The summed E-state index contributed by atoms with van der Waals surface area (Å²) in [4.78, 5) is 20.8. The highest BCUT2D eigenvalue weighted by Crippen LogP contribution is 2.29. The zero-order valence-corrected chi connectivity index (χ0v) is 17.5. The summed E-state index contributed by atoms with van der Waals surface area (Å²) >= 11 is 6.21. The molecule has 0 aliphatic carbocycles. The SMILES string of the molecule is C=CC(=O)Nc1cccc(Nc2nc(Nc3cnn(CC)c3)nc3ccc(Cl)cc23)c1. The monoisotopic (exact) mass is 433 g/mol. The second kappa shape index (κ2) is 8.85. The number of hydrogen-bond donors (Lipinski definition) is 3. The van der Waals surface area contributed by atoms with Gasteiger partial charge in [-0.1, -0.05) is 24.2 Å². The topological polar surface area (TPSA) is 96.8 Å². The van der Waals surface area contributed by atoms with Gasteiger partial charge < -0.3 is 16.0 Å². The van der Waals surface area contributed by atoms with E-state index in [4.69, 9.17) is 11.6 Å². The van der Waals surface area contributed by atoms with E-state index in [1.165, 1.54) is 6.08 Å². The standard InChI is InChI=1S/C22H20ClN7O/c1-3-20(31)25-15-6-5-7-16(11-15)26-21-18-10-14(23)8-9-19(18)28-22(29-21)27-17-12-24-30(4-2)13-17/h3,5-13H,1,4H2,2H3,(H,25,31)(H2,26,27,28,29). The molecule has 0 saturated carbocycles. The van der Waals surface area contributed by atoms with Crippen LogP contribution in [0.4, 0.5) is 28.8 Å². The lowest BCUT2D eigenvalue weighted by molar-refractivity contribution is -0.111. The average molecular weight is 434 g/mol. The second-order valence-electron chi connectivity index (χ2n) is 6.67. The number of halogens is 1. The Hall–Kier alpha value is -3.91. The van der Waals surface area contributed by atoms with Crippen LogP contribution in [0.3, 0.4) is 0 Å². The average Bonchev–Trinajstić information content (AvgIpc) is 3.22. The van der Waals surface area contributed by atoms with E-state index in [1.54, 1.807) is 30.5 Å². The largest absolute Gasteiger partial charge is 0.339 e. The van der Waals surface area contributed by atoms with Gasteiger partial charge in [0.1, 0.15) is 5.82 Å². The summed E-state index contributed by atoms with van der Waals surface area (Å²) in [6, 6.07) is 12.7. The van der Waals surface area contributed by atoms with Crippen molar-refractivity contribution in [2.45, 2.75) is 13.5 Å². The van der Waals surface area contributed by atoms with Gasteiger partial charge in [-0.2, -0.15) is 10.1 Å². The molecule has 9 heteroatoms. The van der Waals surface area contributed by atoms with Crippen LogP contribution < -0.4 is 16.0 Å². The van der Waals surface area contributed by atoms with Crippen molar-refractivity contribution in [1.29, 1.82) is 0 Å². The van der Waals surface area contributed by atoms with Crippen LogP contribution in [0.5, 0.6) is 0 Å². The molecule has 0 bridgehead atoms. The first kappa shape index (κ1) is 20.4. The summed E-state index contributed by atoms with van der Waals surface area (Å²) in [5, 5.41) is 14.8. The molecule has 0 radical (unpaired) electrons. The molecule has 0 aliphatic heterocycles. The summed E-state index contributed by atoms with van der Waals surface area (Å²) in [7, 11) is 0.